The monoisotopic (exact) mass is 413 g/mol. The predicted molar refractivity (Wildman–Crippen MR) is 107 cm³/mol. The van der Waals surface area contributed by atoms with Crippen LogP contribution in [0.15, 0.2) is 45.6 Å². The van der Waals surface area contributed by atoms with E-state index < -0.39 is 18.0 Å². The van der Waals surface area contributed by atoms with Crippen molar-refractivity contribution in [1.82, 2.24) is 10.1 Å². The van der Waals surface area contributed by atoms with Crippen LogP contribution in [0.1, 0.15) is 36.5 Å². The summed E-state index contributed by atoms with van der Waals surface area (Å²) in [7, 11) is 0. The largest absolute Gasteiger partial charge is 0.453 e. The average Bonchev–Trinajstić information content (AvgIpc) is 3.38. The molecular weight excluding hydrogens is 394 g/mol. The van der Waals surface area contributed by atoms with Crippen molar-refractivity contribution >= 4 is 34.7 Å². The van der Waals surface area contributed by atoms with Gasteiger partial charge in [-0.05, 0) is 37.4 Å². The number of ether oxygens (including phenoxy) is 1. The zero-order chi connectivity index (χ0) is 20.8. The topological polar surface area (TPSA) is 111 Å². The minimum Gasteiger partial charge on any atom is -0.453 e. The zero-order valence-corrected chi connectivity index (χ0v) is 16.7. The lowest BCUT2D eigenvalue weighted by Gasteiger charge is -2.14. The first-order chi connectivity index (χ1) is 13.9. The van der Waals surface area contributed by atoms with Crippen LogP contribution in [0, 0.1) is 0 Å². The molecule has 2 aromatic heterocycles. The normalized spacial score (nSPS) is 11.7. The lowest BCUT2D eigenvalue weighted by atomic mass is 10.1. The molecule has 9 heteroatoms. The highest BCUT2D eigenvalue weighted by Gasteiger charge is 2.20. The van der Waals surface area contributed by atoms with Gasteiger partial charge < -0.3 is 14.6 Å². The van der Waals surface area contributed by atoms with Crippen molar-refractivity contribution in [2.24, 2.45) is 0 Å². The summed E-state index contributed by atoms with van der Waals surface area (Å²) in [5.74, 6) is -0.485. The summed E-state index contributed by atoms with van der Waals surface area (Å²) in [4.78, 5) is 40.2. The molecule has 0 spiro atoms. The van der Waals surface area contributed by atoms with E-state index in [9.17, 15) is 14.4 Å². The van der Waals surface area contributed by atoms with Crippen LogP contribution < -0.4 is 5.32 Å². The lowest BCUT2D eigenvalue weighted by molar-refractivity contribution is -0.153. The lowest BCUT2D eigenvalue weighted by Crippen LogP contribution is -2.30. The number of thiophene rings is 1. The Morgan fingerprint density at radius 1 is 1.24 bits per heavy atom. The minimum absolute atomic E-state index is 0.00702. The number of aromatic nitrogens is 2. The summed E-state index contributed by atoms with van der Waals surface area (Å²) < 4.78 is 10.3. The second-order valence-electron chi connectivity index (χ2n) is 6.25. The third-order valence-electron chi connectivity index (χ3n) is 4.03. The Labute approximate surface area is 170 Å². The van der Waals surface area contributed by atoms with E-state index in [1.807, 2.05) is 16.8 Å². The number of benzene rings is 1. The van der Waals surface area contributed by atoms with E-state index in [0.29, 0.717) is 23.0 Å². The maximum atomic E-state index is 12.3. The summed E-state index contributed by atoms with van der Waals surface area (Å²) in [6.07, 6.45) is -0.823. The fourth-order valence-electron chi connectivity index (χ4n) is 2.52. The summed E-state index contributed by atoms with van der Waals surface area (Å²) in [6.45, 7) is 2.88. The van der Waals surface area contributed by atoms with Crippen LogP contribution in [0.5, 0.6) is 0 Å². The van der Waals surface area contributed by atoms with Gasteiger partial charge in [-0.1, -0.05) is 17.3 Å². The third-order valence-corrected chi connectivity index (χ3v) is 4.72. The zero-order valence-electron chi connectivity index (χ0n) is 15.9. The Morgan fingerprint density at radius 2 is 2.03 bits per heavy atom. The van der Waals surface area contributed by atoms with Crippen LogP contribution in [-0.2, 0) is 20.7 Å². The standard InChI is InChI=1S/C20H19N3O5S/c1-12(24)15-5-3-4-6-16(15)21-20(26)13(2)27-18(25)8-7-17-22-19(23-28-17)14-9-10-29-11-14/h3-6,9-11,13H,7-8H2,1-2H3,(H,21,26)/t13-/m0/s1. The molecule has 0 fully saturated rings. The molecule has 1 N–H and O–H groups in total. The third kappa shape index (κ3) is 5.35. The molecule has 0 unspecified atom stereocenters. The van der Waals surface area contributed by atoms with Gasteiger partial charge in [-0.15, -0.1) is 0 Å². The molecule has 0 aliphatic carbocycles. The Kier molecular flexibility index (Phi) is 6.50. The fraction of sp³-hybridized carbons (Fsp3) is 0.250. The number of anilines is 1. The van der Waals surface area contributed by atoms with Crippen molar-refractivity contribution < 1.29 is 23.6 Å². The van der Waals surface area contributed by atoms with Crippen LogP contribution >= 0.6 is 11.3 Å². The van der Waals surface area contributed by atoms with Gasteiger partial charge in [0.25, 0.3) is 5.91 Å². The highest BCUT2D eigenvalue weighted by atomic mass is 32.1. The molecular formula is C20H19N3O5S. The summed E-state index contributed by atoms with van der Waals surface area (Å²) >= 11 is 1.52. The van der Waals surface area contributed by atoms with Crippen molar-refractivity contribution in [2.75, 3.05) is 5.32 Å². The number of nitrogens with one attached hydrogen (secondary N) is 1. The molecule has 1 amide bonds. The highest BCUT2D eigenvalue weighted by Crippen LogP contribution is 2.19. The van der Waals surface area contributed by atoms with Crippen LogP contribution in [-0.4, -0.2) is 33.9 Å². The Hall–Kier alpha value is -3.33. The number of carbonyl (C=O) groups is 3. The maximum Gasteiger partial charge on any atom is 0.307 e. The molecule has 0 saturated carbocycles. The molecule has 150 valence electrons. The number of esters is 1. The van der Waals surface area contributed by atoms with Crippen molar-refractivity contribution in [3.05, 3.63) is 52.5 Å². The quantitative estimate of drug-likeness (QED) is 0.444. The van der Waals surface area contributed by atoms with Gasteiger partial charge in [0.05, 0.1) is 12.1 Å². The smallest absolute Gasteiger partial charge is 0.307 e. The number of carbonyl (C=O) groups excluding carboxylic acids is 3. The molecule has 1 aromatic carbocycles. The molecule has 0 aliphatic rings. The number of aryl methyl sites for hydroxylation is 1. The van der Waals surface area contributed by atoms with Crippen molar-refractivity contribution in [2.45, 2.75) is 32.8 Å². The Morgan fingerprint density at radius 3 is 2.76 bits per heavy atom. The Bertz CT molecular complexity index is 1010. The number of amides is 1. The van der Waals surface area contributed by atoms with E-state index >= 15 is 0 Å². The Balaban J connectivity index is 1.50. The molecule has 3 aromatic rings. The summed E-state index contributed by atoms with van der Waals surface area (Å²) in [6, 6.07) is 8.51. The van der Waals surface area contributed by atoms with E-state index in [4.69, 9.17) is 9.26 Å². The molecule has 2 heterocycles. The second-order valence-corrected chi connectivity index (χ2v) is 7.03. The van der Waals surface area contributed by atoms with E-state index in [2.05, 4.69) is 15.5 Å². The van der Waals surface area contributed by atoms with Gasteiger partial charge >= 0.3 is 5.97 Å². The molecule has 0 radical (unpaired) electrons. The number of rotatable bonds is 8. The molecule has 1 atom stereocenters. The number of nitrogens with zero attached hydrogens (tertiary/aromatic N) is 2. The molecule has 8 nitrogen and oxygen atoms in total. The van der Waals surface area contributed by atoms with E-state index in [1.54, 1.807) is 24.3 Å². The molecule has 0 aliphatic heterocycles. The van der Waals surface area contributed by atoms with E-state index in [1.165, 1.54) is 25.2 Å². The maximum absolute atomic E-state index is 12.3. The van der Waals surface area contributed by atoms with Gasteiger partial charge in [0.2, 0.25) is 11.7 Å². The first-order valence-corrected chi connectivity index (χ1v) is 9.84. The van der Waals surface area contributed by atoms with Crippen LogP contribution in [0.3, 0.4) is 0 Å². The number of hydrogen-bond acceptors (Lipinski definition) is 8. The van der Waals surface area contributed by atoms with Gasteiger partial charge in [-0.25, -0.2) is 0 Å². The van der Waals surface area contributed by atoms with Crippen LogP contribution in [0.4, 0.5) is 5.69 Å². The molecule has 3 rings (SSSR count). The number of Topliss-reactive ketones (excluding diaryl/α,β-unsaturated/α-hetero) is 1. The number of hydrogen-bond donors (Lipinski definition) is 1. The second kappa shape index (κ2) is 9.24. The van der Waals surface area contributed by atoms with Crippen LogP contribution in [0.25, 0.3) is 11.4 Å². The average molecular weight is 413 g/mol. The van der Waals surface area contributed by atoms with Crippen molar-refractivity contribution in [1.29, 1.82) is 0 Å². The first kappa shape index (κ1) is 20.4. The van der Waals surface area contributed by atoms with Gasteiger partial charge in [0, 0.05) is 22.9 Å². The molecule has 29 heavy (non-hydrogen) atoms. The first-order valence-electron chi connectivity index (χ1n) is 8.89. The van der Waals surface area contributed by atoms with Crippen LogP contribution in [0.2, 0.25) is 0 Å². The van der Waals surface area contributed by atoms with Crippen molar-refractivity contribution in [3.63, 3.8) is 0 Å². The van der Waals surface area contributed by atoms with E-state index in [0.717, 1.165) is 5.56 Å². The fourth-order valence-corrected chi connectivity index (χ4v) is 3.15. The predicted octanol–water partition coefficient (Wildman–Crippen LogP) is 3.50. The molecule has 0 bridgehead atoms. The van der Waals surface area contributed by atoms with Gasteiger partial charge in [-0.2, -0.15) is 16.3 Å². The highest BCUT2D eigenvalue weighted by molar-refractivity contribution is 7.08. The van der Waals surface area contributed by atoms with Gasteiger partial charge in [0.15, 0.2) is 11.9 Å². The number of ketones is 1. The van der Waals surface area contributed by atoms with Gasteiger partial charge in [-0.3, -0.25) is 14.4 Å². The van der Waals surface area contributed by atoms with Crippen molar-refractivity contribution in [3.8, 4) is 11.4 Å². The SMILES string of the molecule is CC(=O)c1ccccc1NC(=O)[C@H](C)OC(=O)CCc1nc(-c2ccsc2)no1. The summed E-state index contributed by atoms with van der Waals surface area (Å²) in [5, 5.41) is 10.3. The summed E-state index contributed by atoms with van der Waals surface area (Å²) in [5.41, 5.74) is 1.61. The van der Waals surface area contributed by atoms with Gasteiger partial charge in [0.1, 0.15) is 0 Å². The van der Waals surface area contributed by atoms with E-state index in [-0.39, 0.29) is 18.6 Å². The minimum atomic E-state index is -1.02. The number of para-hydroxylation sites is 1. The molecule has 0 saturated heterocycles.